The number of hydrogen-bond donors (Lipinski definition) is 2. The number of benzene rings is 3. The standard InChI is InChI=1S/C27H41N2O2P.C25H34NO2P/c1-17-14-21(28)22(23(29)19(17)3)20-11-9-10-18(2)26(20,8)32-24(4,5)15-27(16-25(32,6)7)30-12-13-31-27;1-23(2)17-25(27-15-16-28-25)18-24(3,4)29(23)22-14-10-8-12-20(22)19-11-7-9-13-21(19)26(5)6/h9-11,14,20H,12-13,15-16,28-29H2,1-8H3;7-14H,15-18H2,1-6H3. The molecular weight excluding hydrogens is 793 g/mol. The number of anilines is 3. The van der Waals surface area contributed by atoms with E-state index >= 15 is 0 Å². The molecule has 4 heterocycles. The van der Waals surface area contributed by atoms with Gasteiger partial charge in [-0.05, 0) is 75.5 Å². The summed E-state index contributed by atoms with van der Waals surface area (Å²) in [6, 6.07) is 19.9. The molecule has 61 heavy (non-hydrogen) atoms. The van der Waals surface area contributed by atoms with E-state index in [-0.39, 0.29) is 31.7 Å². The maximum absolute atomic E-state index is 6.77. The van der Waals surface area contributed by atoms with Crippen LogP contribution in [0.15, 0.2) is 78.4 Å². The van der Waals surface area contributed by atoms with E-state index < -0.39 is 27.4 Å². The average molecular weight is 868 g/mol. The maximum atomic E-state index is 6.77. The summed E-state index contributed by atoms with van der Waals surface area (Å²) in [4.78, 5) is 2.21. The van der Waals surface area contributed by atoms with Crippen molar-refractivity contribution in [2.24, 2.45) is 0 Å². The van der Waals surface area contributed by atoms with Gasteiger partial charge in [0.1, 0.15) is 0 Å². The lowest BCUT2D eigenvalue weighted by Crippen LogP contribution is -2.56. The Kier molecular flexibility index (Phi) is 12.4. The molecule has 2 spiro atoms. The minimum atomic E-state index is -0.536. The van der Waals surface area contributed by atoms with Gasteiger partial charge in [0.05, 0.1) is 26.4 Å². The topological polar surface area (TPSA) is 92.2 Å². The molecule has 0 bridgehead atoms. The first-order chi connectivity index (χ1) is 28.4. The lowest BCUT2D eigenvalue weighted by molar-refractivity contribution is -0.179. The molecule has 332 valence electrons. The van der Waals surface area contributed by atoms with Crippen LogP contribution in [0, 0.1) is 13.8 Å². The molecule has 2 unspecified atom stereocenters. The van der Waals surface area contributed by atoms with Gasteiger partial charge >= 0.3 is 0 Å². The van der Waals surface area contributed by atoms with Crippen molar-refractivity contribution in [2.75, 3.05) is 56.9 Å². The highest BCUT2D eigenvalue weighted by molar-refractivity contribution is 7.69. The van der Waals surface area contributed by atoms with Crippen molar-refractivity contribution in [1.82, 2.24) is 0 Å². The number of nitrogens with two attached hydrogens (primary N) is 2. The molecule has 3 aromatic rings. The largest absolute Gasteiger partial charge is 0.398 e. The van der Waals surface area contributed by atoms with Crippen LogP contribution in [0.4, 0.5) is 17.1 Å². The monoisotopic (exact) mass is 868 g/mol. The highest BCUT2D eigenvalue weighted by Crippen LogP contribution is 2.79. The van der Waals surface area contributed by atoms with Gasteiger partial charge in [-0.15, -0.1) is 0 Å². The third kappa shape index (κ3) is 8.28. The summed E-state index contributed by atoms with van der Waals surface area (Å²) in [5, 5.41) is 1.76. The van der Waals surface area contributed by atoms with Crippen LogP contribution in [0.2, 0.25) is 0 Å². The molecule has 0 aromatic heterocycles. The average Bonchev–Trinajstić information content (AvgIpc) is 3.79. The zero-order valence-electron chi connectivity index (χ0n) is 39.8. The van der Waals surface area contributed by atoms with Crippen LogP contribution in [-0.2, 0) is 18.9 Å². The summed E-state index contributed by atoms with van der Waals surface area (Å²) < 4.78 is 24.9. The van der Waals surface area contributed by atoms with Crippen molar-refractivity contribution < 1.29 is 18.9 Å². The first-order valence-corrected chi connectivity index (χ1v) is 25.1. The van der Waals surface area contributed by atoms with Crippen molar-refractivity contribution >= 4 is 38.2 Å². The van der Waals surface area contributed by atoms with E-state index in [1.807, 2.05) is 0 Å². The molecule has 4 aliphatic heterocycles. The minimum Gasteiger partial charge on any atom is -0.398 e. The highest BCUT2D eigenvalue weighted by atomic mass is 31.1. The second kappa shape index (κ2) is 16.3. The van der Waals surface area contributed by atoms with Crippen molar-refractivity contribution in [3.05, 3.63) is 95.1 Å². The van der Waals surface area contributed by atoms with Gasteiger partial charge in [0.2, 0.25) is 0 Å². The fourth-order valence-corrected chi connectivity index (χ4v) is 23.2. The van der Waals surface area contributed by atoms with Gasteiger partial charge < -0.3 is 35.3 Å². The number of nitrogen functional groups attached to an aromatic ring is 2. The van der Waals surface area contributed by atoms with Crippen LogP contribution in [-0.4, -0.2) is 77.9 Å². The predicted octanol–water partition coefficient (Wildman–Crippen LogP) is 12.0. The molecule has 0 amide bonds. The van der Waals surface area contributed by atoms with Gasteiger partial charge in [-0.25, -0.2) is 0 Å². The van der Waals surface area contributed by atoms with Crippen LogP contribution in [0.25, 0.3) is 11.1 Å². The van der Waals surface area contributed by atoms with Crippen LogP contribution in [0.3, 0.4) is 0 Å². The van der Waals surface area contributed by atoms with Gasteiger partial charge in [-0.1, -0.05) is 144 Å². The first-order valence-electron chi connectivity index (χ1n) is 22.4. The minimum absolute atomic E-state index is 0.0535. The Balaban J connectivity index is 0.000000185. The van der Waals surface area contributed by atoms with Crippen molar-refractivity contribution in [2.45, 2.75) is 152 Å². The Labute approximate surface area is 370 Å². The lowest BCUT2D eigenvalue weighted by Gasteiger charge is -2.63. The third-order valence-electron chi connectivity index (χ3n) is 14.5. The fourth-order valence-electron chi connectivity index (χ4n) is 13.0. The van der Waals surface area contributed by atoms with Crippen molar-refractivity contribution in [3.8, 4) is 11.1 Å². The molecule has 1 aliphatic carbocycles. The molecule has 5 aliphatic rings. The van der Waals surface area contributed by atoms with E-state index in [1.165, 1.54) is 27.7 Å². The zero-order valence-corrected chi connectivity index (χ0v) is 41.6. The van der Waals surface area contributed by atoms with Crippen LogP contribution >= 0.6 is 15.8 Å². The molecule has 9 heteroatoms. The SMILES string of the molecule is CC1=CC=CC(c2c(N)cc(C)c(C)c2N)C1(C)P1C(C)(C)CC2(CC1(C)C)OCCO2.CN(C)c1ccccc1-c1ccccc1P1C(C)(C)CC2(CC1(C)C)OCCO2. The van der Waals surface area contributed by atoms with Crippen LogP contribution in [0.5, 0.6) is 0 Å². The number of rotatable bonds is 5. The summed E-state index contributed by atoms with van der Waals surface area (Å²) >= 11 is 0. The second-order valence-electron chi connectivity index (χ2n) is 21.4. The Morgan fingerprint density at radius 1 is 0.639 bits per heavy atom. The lowest BCUT2D eigenvalue weighted by atomic mass is 9.76. The predicted molar refractivity (Wildman–Crippen MR) is 263 cm³/mol. The molecule has 4 saturated heterocycles. The van der Waals surface area contributed by atoms with Crippen molar-refractivity contribution in [1.29, 1.82) is 0 Å². The summed E-state index contributed by atoms with van der Waals surface area (Å²) in [6.45, 7) is 31.2. The van der Waals surface area contributed by atoms with E-state index in [1.54, 1.807) is 0 Å². The number of ether oxygens (including phenoxy) is 4. The van der Waals surface area contributed by atoms with E-state index in [9.17, 15) is 0 Å². The number of hydrogen-bond acceptors (Lipinski definition) is 7. The van der Waals surface area contributed by atoms with Gasteiger partial charge in [-0.2, -0.15) is 0 Å². The molecule has 8 rings (SSSR count). The Bertz CT molecular complexity index is 2140. The molecule has 4 fully saturated rings. The Hall–Kier alpha value is -2.76. The summed E-state index contributed by atoms with van der Waals surface area (Å²) in [7, 11) is 3.26. The molecular formula is C52H75N3O4P2. The number of nitrogens with zero attached hydrogens (tertiary/aromatic N) is 1. The number of allylic oxidation sites excluding steroid dienone is 4. The quantitative estimate of drug-likeness (QED) is 0.195. The summed E-state index contributed by atoms with van der Waals surface area (Å²) in [5.74, 6) is -0.711. The number of aryl methyl sites for hydroxylation is 1. The van der Waals surface area contributed by atoms with Gasteiger partial charge in [0, 0.05) is 79.0 Å². The van der Waals surface area contributed by atoms with E-state index in [4.69, 9.17) is 30.4 Å². The van der Waals surface area contributed by atoms with Gasteiger partial charge in [0.25, 0.3) is 0 Å². The molecule has 0 saturated carbocycles. The molecule has 0 radical (unpaired) electrons. The zero-order chi connectivity index (χ0) is 44.6. The molecule has 2 atom stereocenters. The first kappa shape index (κ1) is 46.2. The van der Waals surface area contributed by atoms with E-state index in [0.717, 1.165) is 67.0 Å². The molecule has 4 N–H and O–H groups in total. The van der Waals surface area contributed by atoms with Gasteiger partial charge in [-0.3, -0.25) is 0 Å². The van der Waals surface area contributed by atoms with E-state index in [0.29, 0.717) is 13.2 Å². The number of para-hydroxylation sites is 1. The Morgan fingerprint density at radius 3 is 1.64 bits per heavy atom. The van der Waals surface area contributed by atoms with Crippen molar-refractivity contribution in [3.63, 3.8) is 0 Å². The third-order valence-corrected chi connectivity index (χ3v) is 22.4. The normalized spacial score (nSPS) is 27.1. The van der Waals surface area contributed by atoms with E-state index in [2.05, 4.69) is 175 Å². The molecule has 7 nitrogen and oxygen atoms in total. The Morgan fingerprint density at radius 2 is 1.11 bits per heavy atom. The van der Waals surface area contributed by atoms with Gasteiger partial charge in [0.15, 0.2) is 11.6 Å². The second-order valence-corrected chi connectivity index (χ2v) is 29.0. The van der Waals surface area contributed by atoms with Crippen LogP contribution in [0.1, 0.15) is 118 Å². The van der Waals surface area contributed by atoms with Crippen LogP contribution < -0.4 is 21.7 Å². The highest BCUT2D eigenvalue weighted by Gasteiger charge is 2.63. The summed E-state index contributed by atoms with van der Waals surface area (Å²) in [5.41, 5.74) is 23.9. The smallest absolute Gasteiger partial charge is 0.170 e. The maximum Gasteiger partial charge on any atom is 0.170 e. The molecule has 3 aromatic carbocycles. The fraction of sp³-hybridized carbons (Fsp3) is 0.577. The summed E-state index contributed by atoms with van der Waals surface area (Å²) in [6.07, 6.45) is 10.6.